The first kappa shape index (κ1) is 14.8. The monoisotopic (exact) mass is 291 g/mol. The molecule has 4 nitrogen and oxygen atoms in total. The van der Waals surface area contributed by atoms with Crippen LogP contribution in [0.15, 0.2) is 16.2 Å². The van der Waals surface area contributed by atoms with E-state index in [1.54, 1.807) is 23.0 Å². The zero-order valence-corrected chi connectivity index (χ0v) is 13.5. The van der Waals surface area contributed by atoms with E-state index in [1.165, 1.54) is 0 Å². The normalized spacial score (nSPS) is 12.4. The van der Waals surface area contributed by atoms with Crippen LogP contribution in [0.3, 0.4) is 0 Å². The summed E-state index contributed by atoms with van der Waals surface area (Å²) in [5.74, 6) is 0. The minimum absolute atomic E-state index is 0.0166. The van der Waals surface area contributed by atoms with Gasteiger partial charge in [-0.25, -0.2) is 4.98 Å². The Bertz CT molecular complexity index is 672. The zero-order valence-electron chi connectivity index (χ0n) is 12.7. The van der Waals surface area contributed by atoms with Crippen molar-refractivity contribution in [2.45, 2.75) is 40.2 Å². The van der Waals surface area contributed by atoms with Gasteiger partial charge in [0.2, 0.25) is 0 Å². The molecule has 0 aliphatic carbocycles. The molecule has 0 saturated carbocycles. The van der Waals surface area contributed by atoms with Crippen molar-refractivity contribution < 1.29 is 0 Å². The number of hydrogen-bond donors (Lipinski definition) is 1. The van der Waals surface area contributed by atoms with Crippen LogP contribution >= 0.6 is 11.3 Å². The molecule has 0 fully saturated rings. The van der Waals surface area contributed by atoms with Gasteiger partial charge in [0, 0.05) is 24.2 Å². The molecule has 2 rings (SSSR count). The average molecular weight is 291 g/mol. The Kier molecular flexibility index (Phi) is 4.28. The van der Waals surface area contributed by atoms with E-state index in [0.29, 0.717) is 11.6 Å². The third kappa shape index (κ3) is 2.77. The standard InChI is InChI=1S/C15H21N3OS/c1-6-10(3)16-15-17-12(8-20-15)13-9(2)7-11(4)18(5)14(13)19/h7-8,10H,6H2,1-5H3,(H,16,17). The second-order valence-corrected chi connectivity index (χ2v) is 6.06. The van der Waals surface area contributed by atoms with Gasteiger partial charge in [-0.3, -0.25) is 4.79 Å². The summed E-state index contributed by atoms with van der Waals surface area (Å²) >= 11 is 1.55. The Morgan fingerprint density at radius 3 is 2.80 bits per heavy atom. The van der Waals surface area contributed by atoms with Crippen LogP contribution in [0.2, 0.25) is 0 Å². The summed E-state index contributed by atoms with van der Waals surface area (Å²) in [6.45, 7) is 8.16. The summed E-state index contributed by atoms with van der Waals surface area (Å²) in [5.41, 5.74) is 3.42. The molecule has 0 saturated heterocycles. The molecule has 2 aromatic heterocycles. The lowest BCUT2D eigenvalue weighted by Gasteiger charge is -2.10. The number of nitrogens with one attached hydrogen (secondary N) is 1. The zero-order chi connectivity index (χ0) is 14.9. The summed E-state index contributed by atoms with van der Waals surface area (Å²) in [6, 6.07) is 2.41. The topological polar surface area (TPSA) is 46.9 Å². The lowest BCUT2D eigenvalue weighted by atomic mass is 10.1. The third-order valence-electron chi connectivity index (χ3n) is 3.61. The van der Waals surface area contributed by atoms with Gasteiger partial charge in [-0.1, -0.05) is 6.92 Å². The van der Waals surface area contributed by atoms with E-state index in [-0.39, 0.29) is 5.56 Å². The first-order valence-electron chi connectivity index (χ1n) is 6.83. The van der Waals surface area contributed by atoms with Crippen LogP contribution < -0.4 is 10.9 Å². The third-order valence-corrected chi connectivity index (χ3v) is 4.38. The molecule has 0 aromatic carbocycles. The lowest BCUT2D eigenvalue weighted by molar-refractivity contribution is 0.763. The molecular formula is C15H21N3OS. The Labute approximate surface area is 123 Å². The Morgan fingerprint density at radius 2 is 2.15 bits per heavy atom. The maximum atomic E-state index is 12.4. The van der Waals surface area contributed by atoms with Crippen molar-refractivity contribution in [1.29, 1.82) is 0 Å². The van der Waals surface area contributed by atoms with Crippen LogP contribution in [0.5, 0.6) is 0 Å². The van der Waals surface area contributed by atoms with Gasteiger partial charge in [0.1, 0.15) is 0 Å². The van der Waals surface area contributed by atoms with E-state index >= 15 is 0 Å². The van der Waals surface area contributed by atoms with Crippen molar-refractivity contribution in [3.8, 4) is 11.3 Å². The largest absolute Gasteiger partial charge is 0.359 e. The fourth-order valence-electron chi connectivity index (χ4n) is 2.06. The molecule has 0 amide bonds. The summed E-state index contributed by atoms with van der Waals surface area (Å²) in [7, 11) is 1.80. The Balaban J connectivity index is 2.43. The van der Waals surface area contributed by atoms with Crippen LogP contribution in [0.25, 0.3) is 11.3 Å². The molecule has 1 atom stereocenters. The Hall–Kier alpha value is -1.62. The van der Waals surface area contributed by atoms with Crippen LogP contribution in [0, 0.1) is 13.8 Å². The number of pyridine rings is 1. The number of anilines is 1. The van der Waals surface area contributed by atoms with Gasteiger partial charge in [-0.05, 0) is 38.8 Å². The molecule has 108 valence electrons. The summed E-state index contributed by atoms with van der Waals surface area (Å²) in [6.07, 6.45) is 1.04. The quantitative estimate of drug-likeness (QED) is 0.940. The van der Waals surface area contributed by atoms with Crippen molar-refractivity contribution in [3.63, 3.8) is 0 Å². The average Bonchev–Trinajstić information content (AvgIpc) is 2.84. The highest BCUT2D eigenvalue weighted by Gasteiger charge is 2.14. The molecule has 1 unspecified atom stereocenters. The molecule has 2 aromatic rings. The van der Waals surface area contributed by atoms with Crippen LogP contribution in [0.1, 0.15) is 31.5 Å². The van der Waals surface area contributed by atoms with Crippen LogP contribution in [0.4, 0.5) is 5.13 Å². The predicted molar refractivity (Wildman–Crippen MR) is 85.6 cm³/mol. The van der Waals surface area contributed by atoms with Gasteiger partial charge in [0.25, 0.3) is 5.56 Å². The van der Waals surface area contributed by atoms with Crippen molar-refractivity contribution in [1.82, 2.24) is 9.55 Å². The van der Waals surface area contributed by atoms with Crippen molar-refractivity contribution in [2.75, 3.05) is 5.32 Å². The Morgan fingerprint density at radius 1 is 1.45 bits per heavy atom. The first-order valence-corrected chi connectivity index (χ1v) is 7.71. The highest BCUT2D eigenvalue weighted by atomic mass is 32.1. The minimum Gasteiger partial charge on any atom is -0.359 e. The number of rotatable bonds is 4. The van der Waals surface area contributed by atoms with Crippen LogP contribution in [-0.2, 0) is 7.05 Å². The predicted octanol–water partition coefficient (Wildman–Crippen LogP) is 3.34. The van der Waals surface area contributed by atoms with E-state index in [4.69, 9.17) is 0 Å². The highest BCUT2D eigenvalue weighted by molar-refractivity contribution is 7.14. The first-order chi connectivity index (χ1) is 9.43. The number of thiazole rings is 1. The van der Waals surface area contributed by atoms with Gasteiger partial charge >= 0.3 is 0 Å². The number of aromatic nitrogens is 2. The molecule has 0 aliphatic rings. The maximum Gasteiger partial charge on any atom is 0.260 e. The van der Waals surface area contributed by atoms with Gasteiger partial charge in [0.05, 0.1) is 11.3 Å². The fourth-order valence-corrected chi connectivity index (χ4v) is 2.87. The molecular weight excluding hydrogens is 270 g/mol. The molecule has 1 N–H and O–H groups in total. The molecule has 20 heavy (non-hydrogen) atoms. The van der Waals surface area contributed by atoms with Crippen molar-refractivity contribution in [3.05, 3.63) is 33.1 Å². The van der Waals surface area contributed by atoms with E-state index in [0.717, 1.165) is 28.5 Å². The molecule has 0 radical (unpaired) electrons. The second kappa shape index (κ2) is 5.79. The highest BCUT2D eigenvalue weighted by Crippen LogP contribution is 2.25. The number of nitrogens with zero attached hydrogens (tertiary/aromatic N) is 2. The fraction of sp³-hybridized carbons (Fsp3) is 0.467. The molecule has 5 heteroatoms. The number of aryl methyl sites for hydroxylation is 2. The molecule has 0 bridgehead atoms. The summed E-state index contributed by atoms with van der Waals surface area (Å²) < 4.78 is 1.67. The van der Waals surface area contributed by atoms with E-state index in [9.17, 15) is 4.79 Å². The van der Waals surface area contributed by atoms with Crippen molar-refractivity contribution in [2.24, 2.45) is 7.05 Å². The van der Waals surface area contributed by atoms with E-state index in [2.05, 4.69) is 24.1 Å². The van der Waals surface area contributed by atoms with Gasteiger partial charge in [0.15, 0.2) is 5.13 Å². The number of hydrogen-bond acceptors (Lipinski definition) is 4. The van der Waals surface area contributed by atoms with Gasteiger partial charge in [-0.2, -0.15) is 0 Å². The maximum absolute atomic E-state index is 12.4. The molecule has 0 spiro atoms. The van der Waals surface area contributed by atoms with Crippen LogP contribution in [-0.4, -0.2) is 15.6 Å². The van der Waals surface area contributed by atoms with Crippen molar-refractivity contribution >= 4 is 16.5 Å². The SMILES string of the molecule is CCC(C)Nc1nc(-c2c(C)cc(C)n(C)c2=O)cs1. The molecule has 0 aliphatic heterocycles. The van der Waals surface area contributed by atoms with Gasteiger partial charge in [-0.15, -0.1) is 11.3 Å². The summed E-state index contributed by atoms with van der Waals surface area (Å²) in [5, 5.41) is 6.17. The minimum atomic E-state index is 0.0166. The summed E-state index contributed by atoms with van der Waals surface area (Å²) in [4.78, 5) is 17.0. The molecule has 2 heterocycles. The van der Waals surface area contributed by atoms with Gasteiger partial charge < -0.3 is 9.88 Å². The van der Waals surface area contributed by atoms with E-state index < -0.39 is 0 Å². The smallest absolute Gasteiger partial charge is 0.260 e. The second-order valence-electron chi connectivity index (χ2n) is 5.20. The van der Waals surface area contributed by atoms with E-state index in [1.807, 2.05) is 25.3 Å². The lowest BCUT2D eigenvalue weighted by Crippen LogP contribution is -2.22.